The van der Waals surface area contributed by atoms with Crippen LogP contribution in [0.15, 0.2) is 18.2 Å². The fourth-order valence-electron chi connectivity index (χ4n) is 1.44. The van der Waals surface area contributed by atoms with Crippen molar-refractivity contribution in [3.63, 3.8) is 0 Å². The van der Waals surface area contributed by atoms with Crippen LogP contribution in [0.25, 0.3) is 0 Å². The first-order valence-electron chi connectivity index (χ1n) is 4.82. The number of amides is 1. The number of Topliss-reactive ketones (excluding diaryl/α,β-unsaturated/α-hetero) is 1. The van der Waals surface area contributed by atoms with E-state index in [1.165, 1.54) is 0 Å². The number of anilines is 1. The van der Waals surface area contributed by atoms with Crippen LogP contribution in [0.1, 0.15) is 22.3 Å². The average Bonchev–Trinajstić information content (AvgIpc) is 2.56. The van der Waals surface area contributed by atoms with Crippen molar-refractivity contribution in [2.75, 3.05) is 11.1 Å². The minimum absolute atomic E-state index is 0.405. The molecule has 0 saturated heterocycles. The molecule has 1 heterocycles. The second kappa shape index (κ2) is 4.42. The average molecular weight is 231 g/mol. The first kappa shape index (κ1) is 10.8. The van der Waals surface area contributed by atoms with E-state index in [9.17, 15) is 9.59 Å². The predicted molar refractivity (Wildman–Crippen MR) is 64.8 cm³/mol. The molecular weight excluding hydrogens is 222 g/mol. The summed E-state index contributed by atoms with van der Waals surface area (Å²) in [5, 5.41) is 2.49. The Labute approximate surface area is 98.6 Å². The van der Waals surface area contributed by atoms with E-state index in [0.717, 1.165) is 5.56 Å². The number of hydrogen-bond donors (Lipinski definition) is 2. The number of benzene rings is 1. The molecule has 0 aromatic heterocycles. The summed E-state index contributed by atoms with van der Waals surface area (Å²) in [7, 11) is 0. The number of nitrogens with one attached hydrogen (secondary N) is 1. The first-order chi connectivity index (χ1) is 7.72. The zero-order chi connectivity index (χ0) is 11.5. The van der Waals surface area contributed by atoms with Gasteiger partial charge in [0, 0.05) is 17.7 Å². The summed E-state index contributed by atoms with van der Waals surface area (Å²) >= 11 is 4.05. The third-order valence-electron chi connectivity index (χ3n) is 2.19. The molecule has 0 fully saturated rings. The Morgan fingerprint density at radius 3 is 2.88 bits per heavy atom. The van der Waals surface area contributed by atoms with Crippen LogP contribution in [-0.2, 0) is 4.79 Å². The van der Waals surface area contributed by atoms with Gasteiger partial charge in [0.15, 0.2) is 0 Å². The predicted octanol–water partition coefficient (Wildman–Crippen LogP) is 1.49. The summed E-state index contributed by atoms with van der Waals surface area (Å²) in [6, 6.07) is 5.12. The molecule has 80 valence electrons. The molecule has 0 spiro atoms. The van der Waals surface area contributed by atoms with Gasteiger partial charge in [-0.25, -0.2) is 0 Å². The molecule has 3 nitrogen and oxygen atoms in total. The van der Waals surface area contributed by atoms with Crippen molar-refractivity contribution in [1.82, 2.24) is 0 Å². The number of carbonyl (C=O) groups excluding carboxylic acids is 2. The summed E-state index contributed by atoms with van der Waals surface area (Å²) in [6.45, 7) is 0. The van der Waals surface area contributed by atoms with Crippen molar-refractivity contribution in [3.8, 4) is 11.8 Å². The van der Waals surface area contributed by atoms with Crippen LogP contribution in [0.3, 0.4) is 0 Å². The highest BCUT2D eigenvalue weighted by atomic mass is 32.1. The molecular formula is C12H9NO2S. The van der Waals surface area contributed by atoms with E-state index < -0.39 is 11.7 Å². The normalized spacial score (nSPS) is 12.8. The van der Waals surface area contributed by atoms with Gasteiger partial charge in [-0.05, 0) is 18.2 Å². The number of fused-ring (bicyclic) bond motifs is 1. The maximum atomic E-state index is 11.4. The van der Waals surface area contributed by atoms with Crippen molar-refractivity contribution in [1.29, 1.82) is 0 Å². The molecule has 0 atom stereocenters. The van der Waals surface area contributed by atoms with Gasteiger partial charge < -0.3 is 5.32 Å². The lowest BCUT2D eigenvalue weighted by Crippen LogP contribution is -2.12. The van der Waals surface area contributed by atoms with Gasteiger partial charge in [0.1, 0.15) is 0 Å². The summed E-state index contributed by atoms with van der Waals surface area (Å²) in [5.74, 6) is 5.48. The van der Waals surface area contributed by atoms with E-state index in [2.05, 4.69) is 29.8 Å². The Bertz CT molecular complexity index is 526. The van der Waals surface area contributed by atoms with E-state index >= 15 is 0 Å². The second-order valence-corrected chi connectivity index (χ2v) is 3.77. The lowest BCUT2D eigenvalue weighted by molar-refractivity contribution is -0.112. The lowest BCUT2D eigenvalue weighted by atomic mass is 10.1. The SMILES string of the molecule is O=C1Nc2ccc(C#CCCS)cc2C1=O. The molecule has 0 aliphatic carbocycles. The summed E-state index contributed by atoms with van der Waals surface area (Å²) in [6.07, 6.45) is 0.700. The van der Waals surface area contributed by atoms with Crippen molar-refractivity contribution in [2.24, 2.45) is 0 Å². The van der Waals surface area contributed by atoms with Crippen LogP contribution >= 0.6 is 12.6 Å². The van der Waals surface area contributed by atoms with Gasteiger partial charge in [-0.15, -0.1) is 0 Å². The Morgan fingerprint density at radius 2 is 2.12 bits per heavy atom. The van der Waals surface area contributed by atoms with Crippen LogP contribution in [0.5, 0.6) is 0 Å². The molecule has 0 unspecified atom stereocenters. The second-order valence-electron chi connectivity index (χ2n) is 3.32. The molecule has 0 saturated carbocycles. The molecule has 0 radical (unpaired) electrons. The summed E-state index contributed by atoms with van der Waals surface area (Å²) in [5.41, 5.74) is 1.71. The number of thiol groups is 1. The van der Waals surface area contributed by atoms with Gasteiger partial charge in [-0.2, -0.15) is 12.6 Å². The van der Waals surface area contributed by atoms with E-state index in [0.29, 0.717) is 23.4 Å². The Balaban J connectivity index is 2.32. The minimum Gasteiger partial charge on any atom is -0.318 e. The van der Waals surface area contributed by atoms with Gasteiger partial charge in [-0.1, -0.05) is 11.8 Å². The molecule has 1 aliphatic heterocycles. The number of rotatable bonds is 1. The van der Waals surface area contributed by atoms with E-state index in [1.807, 2.05) is 0 Å². The topological polar surface area (TPSA) is 46.2 Å². The van der Waals surface area contributed by atoms with Gasteiger partial charge in [0.25, 0.3) is 11.7 Å². The van der Waals surface area contributed by atoms with Crippen LogP contribution in [0.4, 0.5) is 5.69 Å². The van der Waals surface area contributed by atoms with E-state index in [1.54, 1.807) is 18.2 Å². The minimum atomic E-state index is -0.574. The maximum Gasteiger partial charge on any atom is 0.296 e. The Hall–Kier alpha value is -1.73. The Morgan fingerprint density at radius 1 is 1.31 bits per heavy atom. The molecule has 1 N–H and O–H groups in total. The van der Waals surface area contributed by atoms with Gasteiger partial charge in [0.2, 0.25) is 0 Å². The molecule has 2 rings (SSSR count). The number of ketones is 1. The molecule has 4 heteroatoms. The van der Waals surface area contributed by atoms with Gasteiger partial charge in [-0.3, -0.25) is 9.59 Å². The van der Waals surface area contributed by atoms with Crippen LogP contribution in [-0.4, -0.2) is 17.4 Å². The largest absolute Gasteiger partial charge is 0.318 e. The van der Waals surface area contributed by atoms with E-state index in [-0.39, 0.29) is 0 Å². The van der Waals surface area contributed by atoms with Crippen LogP contribution < -0.4 is 5.32 Å². The van der Waals surface area contributed by atoms with Crippen molar-refractivity contribution in [3.05, 3.63) is 29.3 Å². The quantitative estimate of drug-likeness (QED) is 0.437. The summed E-state index contributed by atoms with van der Waals surface area (Å²) < 4.78 is 0. The fourth-order valence-corrected chi connectivity index (χ4v) is 1.55. The van der Waals surface area contributed by atoms with E-state index in [4.69, 9.17) is 0 Å². The standard InChI is InChI=1S/C12H9NO2S/c14-11-9-7-8(3-1-2-6-16)4-5-10(9)13-12(11)15/h4-5,7,16H,2,6H2,(H,13,14,15). The molecule has 1 aliphatic rings. The van der Waals surface area contributed by atoms with Crippen LogP contribution in [0, 0.1) is 11.8 Å². The van der Waals surface area contributed by atoms with Crippen LogP contribution in [0.2, 0.25) is 0 Å². The number of hydrogen-bond acceptors (Lipinski definition) is 3. The number of carbonyl (C=O) groups is 2. The highest BCUT2D eigenvalue weighted by Gasteiger charge is 2.27. The zero-order valence-corrected chi connectivity index (χ0v) is 9.30. The zero-order valence-electron chi connectivity index (χ0n) is 8.41. The fraction of sp³-hybridized carbons (Fsp3) is 0.167. The molecule has 1 amide bonds. The first-order valence-corrected chi connectivity index (χ1v) is 5.45. The highest BCUT2D eigenvalue weighted by Crippen LogP contribution is 2.23. The maximum absolute atomic E-state index is 11.4. The van der Waals surface area contributed by atoms with Gasteiger partial charge >= 0.3 is 0 Å². The monoisotopic (exact) mass is 231 g/mol. The van der Waals surface area contributed by atoms with Crippen molar-refractivity contribution in [2.45, 2.75) is 6.42 Å². The summed E-state index contributed by atoms with van der Waals surface area (Å²) in [4.78, 5) is 22.5. The third-order valence-corrected chi connectivity index (χ3v) is 2.41. The van der Waals surface area contributed by atoms with Crippen molar-refractivity contribution >= 4 is 30.0 Å². The third kappa shape index (κ3) is 1.95. The lowest BCUT2D eigenvalue weighted by Gasteiger charge is -1.96. The van der Waals surface area contributed by atoms with Crippen molar-refractivity contribution < 1.29 is 9.59 Å². The van der Waals surface area contributed by atoms with Gasteiger partial charge in [0.05, 0.1) is 11.3 Å². The molecule has 16 heavy (non-hydrogen) atoms. The smallest absolute Gasteiger partial charge is 0.296 e. The molecule has 1 aromatic rings. The highest BCUT2D eigenvalue weighted by molar-refractivity contribution is 7.80. The molecule has 1 aromatic carbocycles. The Kier molecular flexibility index (Phi) is 2.97. The molecule has 0 bridgehead atoms.